The third kappa shape index (κ3) is 3.11. The molecule has 0 N–H and O–H groups in total. The van der Waals surface area contributed by atoms with E-state index in [1.807, 2.05) is 36.9 Å². The van der Waals surface area contributed by atoms with Crippen LogP contribution in [0.15, 0.2) is 18.2 Å². The van der Waals surface area contributed by atoms with Crippen LogP contribution in [-0.2, 0) is 9.47 Å². The van der Waals surface area contributed by atoms with E-state index in [2.05, 4.69) is 0 Å². The van der Waals surface area contributed by atoms with Gasteiger partial charge in [0.25, 0.3) is 5.91 Å². The molecular weight excluding hydrogens is 266 g/mol. The van der Waals surface area contributed by atoms with Crippen molar-refractivity contribution in [1.82, 2.24) is 4.90 Å². The third-order valence-corrected chi connectivity index (χ3v) is 4.48. The van der Waals surface area contributed by atoms with Gasteiger partial charge in [-0.05, 0) is 38.3 Å². The van der Waals surface area contributed by atoms with Crippen molar-refractivity contribution < 1.29 is 14.3 Å². The van der Waals surface area contributed by atoms with Crippen molar-refractivity contribution in [3.05, 3.63) is 34.9 Å². The van der Waals surface area contributed by atoms with E-state index in [-0.39, 0.29) is 12.2 Å². The standard InChI is InChI=1S/C17H23NO3/c1-12-3-4-13(2)15(11-12)16(19)18-7-5-14(6-8-18)17-20-9-10-21-17/h3-4,11,14,17H,5-10H2,1-2H3. The van der Waals surface area contributed by atoms with Crippen LogP contribution >= 0.6 is 0 Å². The first-order valence-corrected chi connectivity index (χ1v) is 7.75. The first kappa shape index (κ1) is 14.5. The first-order chi connectivity index (χ1) is 10.1. The molecule has 1 aromatic carbocycles. The summed E-state index contributed by atoms with van der Waals surface area (Å²) in [5.74, 6) is 0.582. The Labute approximate surface area is 126 Å². The highest BCUT2D eigenvalue weighted by atomic mass is 16.7. The first-order valence-electron chi connectivity index (χ1n) is 7.75. The summed E-state index contributed by atoms with van der Waals surface area (Å²) < 4.78 is 11.2. The maximum absolute atomic E-state index is 12.7. The lowest BCUT2D eigenvalue weighted by molar-refractivity contribution is -0.0956. The zero-order chi connectivity index (χ0) is 14.8. The number of ether oxygens (including phenoxy) is 2. The molecule has 2 aliphatic heterocycles. The highest BCUT2D eigenvalue weighted by Gasteiger charge is 2.32. The second-order valence-corrected chi connectivity index (χ2v) is 6.06. The van der Waals surface area contributed by atoms with Gasteiger partial charge in [-0.25, -0.2) is 0 Å². The van der Waals surface area contributed by atoms with Crippen LogP contribution in [0.25, 0.3) is 0 Å². The van der Waals surface area contributed by atoms with Crippen LogP contribution in [-0.4, -0.2) is 43.4 Å². The minimum absolute atomic E-state index is 0.0528. The quantitative estimate of drug-likeness (QED) is 0.840. The SMILES string of the molecule is Cc1ccc(C)c(C(=O)N2CCC(C3OCCO3)CC2)c1. The molecule has 21 heavy (non-hydrogen) atoms. The average Bonchev–Trinajstić information content (AvgIpc) is 3.03. The maximum Gasteiger partial charge on any atom is 0.254 e. The molecule has 2 saturated heterocycles. The second kappa shape index (κ2) is 6.16. The smallest absolute Gasteiger partial charge is 0.254 e. The average molecular weight is 289 g/mol. The summed E-state index contributed by atoms with van der Waals surface area (Å²) in [6, 6.07) is 6.07. The van der Waals surface area contributed by atoms with Crippen LogP contribution in [0.2, 0.25) is 0 Å². The molecule has 2 aliphatic rings. The number of likely N-dealkylation sites (tertiary alicyclic amines) is 1. The van der Waals surface area contributed by atoms with Gasteiger partial charge < -0.3 is 14.4 Å². The number of nitrogens with zero attached hydrogens (tertiary/aromatic N) is 1. The van der Waals surface area contributed by atoms with Crippen LogP contribution < -0.4 is 0 Å². The molecule has 0 saturated carbocycles. The van der Waals surface area contributed by atoms with Gasteiger partial charge in [0.2, 0.25) is 0 Å². The van der Waals surface area contributed by atoms with Crippen molar-refractivity contribution in [3.8, 4) is 0 Å². The maximum atomic E-state index is 12.7. The van der Waals surface area contributed by atoms with E-state index >= 15 is 0 Å². The number of benzene rings is 1. The molecule has 114 valence electrons. The molecule has 0 spiro atoms. The summed E-state index contributed by atoms with van der Waals surface area (Å²) in [6.45, 7) is 7.01. The molecule has 4 heteroatoms. The van der Waals surface area contributed by atoms with E-state index in [4.69, 9.17) is 9.47 Å². The molecule has 2 fully saturated rings. The number of carbonyl (C=O) groups excluding carboxylic acids is 1. The zero-order valence-electron chi connectivity index (χ0n) is 12.8. The number of piperidine rings is 1. The Bertz CT molecular complexity index is 515. The molecule has 0 aromatic heterocycles. The van der Waals surface area contributed by atoms with Gasteiger partial charge in [-0.3, -0.25) is 4.79 Å². The van der Waals surface area contributed by atoms with Crippen molar-refractivity contribution in [3.63, 3.8) is 0 Å². The van der Waals surface area contributed by atoms with Crippen molar-refractivity contribution >= 4 is 5.91 Å². The lowest BCUT2D eigenvalue weighted by Gasteiger charge is -2.34. The largest absolute Gasteiger partial charge is 0.350 e. The van der Waals surface area contributed by atoms with Gasteiger partial charge >= 0.3 is 0 Å². The normalized spacial score (nSPS) is 21.0. The minimum atomic E-state index is -0.0528. The van der Waals surface area contributed by atoms with E-state index in [1.54, 1.807) is 0 Å². The van der Waals surface area contributed by atoms with E-state index in [9.17, 15) is 4.79 Å². The molecule has 3 rings (SSSR count). The Morgan fingerprint density at radius 3 is 2.48 bits per heavy atom. The van der Waals surface area contributed by atoms with E-state index in [0.717, 1.165) is 42.6 Å². The lowest BCUT2D eigenvalue weighted by Crippen LogP contribution is -2.41. The van der Waals surface area contributed by atoms with Crippen LogP contribution in [0.1, 0.15) is 34.3 Å². The minimum Gasteiger partial charge on any atom is -0.350 e. The van der Waals surface area contributed by atoms with Gasteiger partial charge in [0.15, 0.2) is 6.29 Å². The van der Waals surface area contributed by atoms with Crippen LogP contribution in [0.4, 0.5) is 0 Å². The van der Waals surface area contributed by atoms with Crippen molar-refractivity contribution in [2.24, 2.45) is 5.92 Å². The Morgan fingerprint density at radius 1 is 1.14 bits per heavy atom. The van der Waals surface area contributed by atoms with Crippen molar-refractivity contribution in [1.29, 1.82) is 0 Å². The topological polar surface area (TPSA) is 38.8 Å². The molecule has 0 radical (unpaired) electrons. The molecule has 0 aliphatic carbocycles. The highest BCUT2D eigenvalue weighted by molar-refractivity contribution is 5.95. The third-order valence-electron chi connectivity index (χ3n) is 4.48. The number of hydrogen-bond acceptors (Lipinski definition) is 3. The van der Waals surface area contributed by atoms with Gasteiger partial charge in [-0.15, -0.1) is 0 Å². The molecule has 0 unspecified atom stereocenters. The molecule has 2 heterocycles. The van der Waals surface area contributed by atoms with E-state index in [1.165, 1.54) is 0 Å². The fourth-order valence-electron chi connectivity index (χ4n) is 3.16. The van der Waals surface area contributed by atoms with Gasteiger partial charge in [0.1, 0.15) is 0 Å². The lowest BCUT2D eigenvalue weighted by atomic mass is 9.95. The van der Waals surface area contributed by atoms with Crippen molar-refractivity contribution in [2.75, 3.05) is 26.3 Å². The Kier molecular flexibility index (Phi) is 4.27. The van der Waals surface area contributed by atoms with Gasteiger partial charge in [0.05, 0.1) is 13.2 Å². The number of hydrogen-bond donors (Lipinski definition) is 0. The van der Waals surface area contributed by atoms with E-state index < -0.39 is 0 Å². The Hall–Kier alpha value is -1.39. The predicted molar refractivity (Wildman–Crippen MR) is 80.2 cm³/mol. The summed E-state index contributed by atoms with van der Waals surface area (Å²) >= 11 is 0. The van der Waals surface area contributed by atoms with E-state index in [0.29, 0.717) is 19.1 Å². The molecule has 4 nitrogen and oxygen atoms in total. The van der Waals surface area contributed by atoms with Crippen LogP contribution in [0.3, 0.4) is 0 Å². The fourth-order valence-corrected chi connectivity index (χ4v) is 3.16. The van der Waals surface area contributed by atoms with Gasteiger partial charge in [-0.1, -0.05) is 17.7 Å². The zero-order valence-corrected chi connectivity index (χ0v) is 12.8. The summed E-state index contributed by atoms with van der Waals surface area (Å²) in [6.07, 6.45) is 1.87. The number of carbonyl (C=O) groups is 1. The van der Waals surface area contributed by atoms with Crippen LogP contribution in [0.5, 0.6) is 0 Å². The molecule has 1 aromatic rings. The monoisotopic (exact) mass is 289 g/mol. The Balaban J connectivity index is 1.63. The van der Waals surface area contributed by atoms with Crippen LogP contribution in [0, 0.1) is 19.8 Å². The summed E-state index contributed by atoms with van der Waals surface area (Å²) in [4.78, 5) is 14.6. The molecule has 0 bridgehead atoms. The Morgan fingerprint density at radius 2 is 1.81 bits per heavy atom. The number of amides is 1. The predicted octanol–water partition coefficient (Wildman–Crippen LogP) is 2.53. The summed E-state index contributed by atoms with van der Waals surface area (Å²) in [7, 11) is 0. The number of aryl methyl sites for hydroxylation is 2. The fraction of sp³-hybridized carbons (Fsp3) is 0.588. The van der Waals surface area contributed by atoms with Gasteiger partial charge in [0, 0.05) is 24.6 Å². The molecule has 0 atom stereocenters. The number of rotatable bonds is 2. The molecular formula is C17H23NO3. The second-order valence-electron chi connectivity index (χ2n) is 6.06. The van der Waals surface area contributed by atoms with Gasteiger partial charge in [-0.2, -0.15) is 0 Å². The summed E-state index contributed by atoms with van der Waals surface area (Å²) in [5, 5.41) is 0. The summed E-state index contributed by atoms with van der Waals surface area (Å²) in [5.41, 5.74) is 3.02. The highest BCUT2D eigenvalue weighted by Crippen LogP contribution is 2.27. The molecule has 1 amide bonds. The van der Waals surface area contributed by atoms with Crippen molar-refractivity contribution in [2.45, 2.75) is 33.0 Å².